The van der Waals surface area contributed by atoms with Crippen LogP contribution in [0.4, 0.5) is 0 Å². The molecule has 0 radical (unpaired) electrons. The van der Waals surface area contributed by atoms with Gasteiger partial charge >= 0.3 is 5.97 Å². The summed E-state index contributed by atoms with van der Waals surface area (Å²) in [5.41, 5.74) is -1.28. The fourth-order valence-corrected chi connectivity index (χ4v) is 5.89. The molecular weight excluding hydrogens is 424 g/mol. The highest BCUT2D eigenvalue weighted by Gasteiger charge is 2.72. The average Bonchev–Trinajstić information content (AvgIpc) is 3.16. The molecule has 4 aliphatic rings. The van der Waals surface area contributed by atoms with Gasteiger partial charge < -0.3 is 24.4 Å². The third-order valence-electron chi connectivity index (χ3n) is 7.29. The standard InChI is InChI=1S/C25H36N2O6/c1-15(2)13-17(14-28)27-21-23(30)26(16(3)4)11-8-10-25(21)20(22(27)29)19-18(33-25)9-6-5-7-12-32-24(19)31/h6,8-10,15-21,28H,5,7,11-14H2,1-4H3/b9-6-/t17-,18-,19+,20+,21?,25+/m1/s1. The van der Waals surface area contributed by atoms with E-state index in [1.54, 1.807) is 4.90 Å². The first kappa shape index (κ1) is 24.0. The molecule has 0 aliphatic carbocycles. The molecule has 4 rings (SSSR count). The molecule has 8 heteroatoms. The lowest BCUT2D eigenvalue weighted by Gasteiger charge is -2.39. The van der Waals surface area contributed by atoms with E-state index in [2.05, 4.69) is 0 Å². The van der Waals surface area contributed by atoms with Crippen molar-refractivity contribution in [1.82, 2.24) is 9.80 Å². The van der Waals surface area contributed by atoms with Crippen molar-refractivity contribution in [3.8, 4) is 0 Å². The zero-order valence-electron chi connectivity index (χ0n) is 20.0. The number of aliphatic hydroxyl groups is 1. The number of aliphatic hydroxyl groups excluding tert-OH is 1. The van der Waals surface area contributed by atoms with E-state index in [-0.39, 0.29) is 37.0 Å². The number of carbonyl (C=O) groups is 3. The van der Waals surface area contributed by atoms with Crippen LogP contribution in [0, 0.1) is 17.8 Å². The van der Waals surface area contributed by atoms with Crippen molar-refractivity contribution in [3.63, 3.8) is 0 Å². The van der Waals surface area contributed by atoms with Gasteiger partial charge in [0.25, 0.3) is 0 Å². The van der Waals surface area contributed by atoms with Crippen LogP contribution in [0.2, 0.25) is 0 Å². The summed E-state index contributed by atoms with van der Waals surface area (Å²) in [5.74, 6) is -2.50. The van der Waals surface area contributed by atoms with E-state index in [1.165, 1.54) is 4.90 Å². The van der Waals surface area contributed by atoms with Crippen molar-refractivity contribution in [2.75, 3.05) is 19.8 Å². The van der Waals surface area contributed by atoms with Crippen LogP contribution in [0.15, 0.2) is 24.3 Å². The van der Waals surface area contributed by atoms with Gasteiger partial charge in [-0.3, -0.25) is 14.4 Å². The number of allylic oxidation sites excluding steroid dienone is 1. The topological polar surface area (TPSA) is 96.4 Å². The van der Waals surface area contributed by atoms with E-state index in [1.807, 2.05) is 52.0 Å². The summed E-state index contributed by atoms with van der Waals surface area (Å²) in [7, 11) is 0. The molecule has 0 aromatic heterocycles. The second-order valence-corrected chi connectivity index (χ2v) is 10.3. The molecule has 2 amide bonds. The van der Waals surface area contributed by atoms with Crippen molar-refractivity contribution in [2.45, 2.75) is 76.8 Å². The van der Waals surface area contributed by atoms with Crippen molar-refractivity contribution < 1.29 is 29.0 Å². The number of likely N-dealkylation sites (tertiary alicyclic amines) is 1. The Balaban J connectivity index is 1.86. The first-order valence-electron chi connectivity index (χ1n) is 12.1. The second-order valence-electron chi connectivity index (χ2n) is 10.3. The van der Waals surface area contributed by atoms with Gasteiger partial charge in [-0.05, 0) is 39.0 Å². The Morgan fingerprint density at radius 2 is 1.91 bits per heavy atom. The lowest BCUT2D eigenvalue weighted by Crippen LogP contribution is -2.59. The van der Waals surface area contributed by atoms with Gasteiger partial charge in [-0.15, -0.1) is 0 Å². The zero-order chi connectivity index (χ0) is 23.9. The zero-order valence-corrected chi connectivity index (χ0v) is 20.0. The number of ether oxygens (including phenoxy) is 2. The summed E-state index contributed by atoms with van der Waals surface area (Å²) in [6.07, 6.45) is 8.87. The number of nitrogens with zero attached hydrogens (tertiary/aromatic N) is 2. The van der Waals surface area contributed by atoms with Crippen molar-refractivity contribution >= 4 is 17.8 Å². The van der Waals surface area contributed by atoms with Crippen molar-refractivity contribution in [2.24, 2.45) is 17.8 Å². The second kappa shape index (κ2) is 9.22. The predicted molar refractivity (Wildman–Crippen MR) is 121 cm³/mol. The van der Waals surface area contributed by atoms with Gasteiger partial charge in [-0.1, -0.05) is 38.2 Å². The molecule has 0 saturated carbocycles. The highest BCUT2D eigenvalue weighted by Crippen LogP contribution is 2.54. The molecule has 182 valence electrons. The average molecular weight is 461 g/mol. The van der Waals surface area contributed by atoms with E-state index in [0.29, 0.717) is 19.4 Å². The minimum Gasteiger partial charge on any atom is -0.465 e. The molecule has 6 atom stereocenters. The molecule has 1 spiro atoms. The predicted octanol–water partition coefficient (Wildman–Crippen LogP) is 1.67. The van der Waals surface area contributed by atoms with E-state index in [4.69, 9.17) is 9.47 Å². The number of cyclic esters (lactones) is 1. The maximum atomic E-state index is 14.0. The summed E-state index contributed by atoms with van der Waals surface area (Å²) in [5, 5.41) is 10.3. The Morgan fingerprint density at radius 1 is 1.15 bits per heavy atom. The minimum atomic E-state index is -1.28. The van der Waals surface area contributed by atoms with Crippen LogP contribution in [0.1, 0.15) is 47.0 Å². The van der Waals surface area contributed by atoms with E-state index < -0.39 is 41.6 Å². The normalized spacial score (nSPS) is 36.0. The van der Waals surface area contributed by atoms with Gasteiger partial charge in [0, 0.05) is 12.6 Å². The number of amides is 2. The first-order valence-corrected chi connectivity index (χ1v) is 12.1. The molecule has 2 saturated heterocycles. The van der Waals surface area contributed by atoms with Gasteiger partial charge in [0.15, 0.2) is 0 Å². The Labute approximate surface area is 195 Å². The Bertz CT molecular complexity index is 852. The Hall–Kier alpha value is -2.19. The molecule has 0 aromatic rings. The summed E-state index contributed by atoms with van der Waals surface area (Å²) in [4.78, 5) is 44.4. The molecule has 0 aromatic carbocycles. The van der Waals surface area contributed by atoms with Crippen LogP contribution in [0.5, 0.6) is 0 Å². The number of rotatable bonds is 5. The monoisotopic (exact) mass is 460 g/mol. The molecule has 8 nitrogen and oxygen atoms in total. The molecule has 4 heterocycles. The van der Waals surface area contributed by atoms with Crippen LogP contribution in [0.25, 0.3) is 0 Å². The van der Waals surface area contributed by atoms with Gasteiger partial charge in [-0.25, -0.2) is 0 Å². The van der Waals surface area contributed by atoms with Crippen molar-refractivity contribution in [3.05, 3.63) is 24.3 Å². The third-order valence-corrected chi connectivity index (χ3v) is 7.29. The van der Waals surface area contributed by atoms with Crippen LogP contribution >= 0.6 is 0 Å². The number of hydrogen-bond acceptors (Lipinski definition) is 6. The summed E-state index contributed by atoms with van der Waals surface area (Å²) in [6, 6.07) is -1.56. The lowest BCUT2D eigenvalue weighted by atomic mass is 9.78. The lowest BCUT2D eigenvalue weighted by molar-refractivity contribution is -0.156. The molecule has 4 aliphatic heterocycles. The molecule has 2 fully saturated rings. The van der Waals surface area contributed by atoms with E-state index in [0.717, 1.165) is 6.42 Å². The molecule has 1 N–H and O–H groups in total. The van der Waals surface area contributed by atoms with Gasteiger partial charge in [-0.2, -0.15) is 0 Å². The number of carbonyl (C=O) groups excluding carboxylic acids is 3. The van der Waals surface area contributed by atoms with E-state index >= 15 is 0 Å². The molecule has 1 unspecified atom stereocenters. The third kappa shape index (κ3) is 3.91. The number of esters is 1. The fraction of sp³-hybridized carbons (Fsp3) is 0.720. The summed E-state index contributed by atoms with van der Waals surface area (Å²) < 4.78 is 12.1. The molecule has 0 bridgehead atoms. The number of hydrogen-bond donors (Lipinski definition) is 1. The summed E-state index contributed by atoms with van der Waals surface area (Å²) in [6.45, 7) is 8.33. The maximum Gasteiger partial charge on any atom is 0.312 e. The molecular formula is C25H36N2O6. The van der Waals surface area contributed by atoms with Gasteiger partial charge in [0.1, 0.15) is 17.6 Å². The molecule has 33 heavy (non-hydrogen) atoms. The van der Waals surface area contributed by atoms with Crippen LogP contribution in [-0.2, 0) is 23.9 Å². The quantitative estimate of drug-likeness (QED) is 0.495. The number of fused-ring (bicyclic) bond motifs is 2. The van der Waals surface area contributed by atoms with E-state index in [9.17, 15) is 19.5 Å². The fourth-order valence-electron chi connectivity index (χ4n) is 5.89. The smallest absolute Gasteiger partial charge is 0.312 e. The van der Waals surface area contributed by atoms with Crippen LogP contribution < -0.4 is 0 Å². The first-order chi connectivity index (χ1) is 15.7. The summed E-state index contributed by atoms with van der Waals surface area (Å²) >= 11 is 0. The van der Waals surface area contributed by atoms with Gasteiger partial charge in [0.2, 0.25) is 11.8 Å². The SMILES string of the molecule is CC(C)C[C@H](CO)N1C(=O)[C@@H]2[C@H]3C(=O)OCCC/C=C\[C@H]3O[C@@]23C=CCN(C(C)C)C(=O)C13. The van der Waals surface area contributed by atoms with Crippen LogP contribution in [-0.4, -0.2) is 82.3 Å². The van der Waals surface area contributed by atoms with Gasteiger partial charge in [0.05, 0.1) is 31.3 Å². The highest BCUT2D eigenvalue weighted by molar-refractivity contribution is 5.99. The van der Waals surface area contributed by atoms with Crippen molar-refractivity contribution in [1.29, 1.82) is 0 Å². The maximum absolute atomic E-state index is 14.0. The largest absolute Gasteiger partial charge is 0.465 e. The minimum absolute atomic E-state index is 0.0746. The highest BCUT2D eigenvalue weighted by atomic mass is 16.6. The Morgan fingerprint density at radius 3 is 2.58 bits per heavy atom. The Kier molecular flexibility index (Phi) is 6.69. The van der Waals surface area contributed by atoms with Crippen LogP contribution in [0.3, 0.4) is 0 Å².